The highest BCUT2D eigenvalue weighted by atomic mass is 16.7. The van der Waals surface area contributed by atoms with E-state index >= 15 is 0 Å². The maximum atomic E-state index is 12.7. The maximum Gasteiger partial charge on any atom is 0.494 e. The van der Waals surface area contributed by atoms with E-state index < -0.39 is 7.12 Å². The first-order chi connectivity index (χ1) is 11.6. The Balaban J connectivity index is 1.72. The molecule has 0 spiro atoms. The lowest BCUT2D eigenvalue weighted by Crippen LogP contribution is -2.48. The maximum absolute atomic E-state index is 12.7. The molecule has 25 heavy (non-hydrogen) atoms. The minimum Gasteiger partial charge on any atom is -0.399 e. The Morgan fingerprint density at radius 2 is 1.48 bits per heavy atom. The average molecular weight is 345 g/mol. The number of morpholine rings is 1. The quantitative estimate of drug-likeness (QED) is 0.772. The fourth-order valence-electron chi connectivity index (χ4n) is 3.29. The van der Waals surface area contributed by atoms with Gasteiger partial charge in [0.2, 0.25) is 0 Å². The van der Waals surface area contributed by atoms with E-state index in [1.807, 2.05) is 70.7 Å². The Bertz CT molecular complexity index is 617. The van der Waals surface area contributed by atoms with E-state index in [1.165, 1.54) is 0 Å². The Morgan fingerprint density at radius 3 is 1.96 bits per heavy atom. The van der Waals surface area contributed by atoms with E-state index in [0.29, 0.717) is 18.7 Å². The minimum atomic E-state index is -0.405. The number of hydrogen-bond acceptors (Lipinski definition) is 4. The fourth-order valence-corrected chi connectivity index (χ4v) is 3.29. The van der Waals surface area contributed by atoms with Crippen molar-refractivity contribution in [1.82, 2.24) is 4.90 Å². The summed E-state index contributed by atoms with van der Waals surface area (Å²) < 4.78 is 17.8. The first-order valence-corrected chi connectivity index (χ1v) is 8.99. The number of carbonyl (C=O) groups excluding carboxylic acids is 1. The van der Waals surface area contributed by atoms with Gasteiger partial charge < -0.3 is 18.9 Å². The van der Waals surface area contributed by atoms with Crippen molar-refractivity contribution in [3.05, 3.63) is 29.8 Å². The Kier molecular flexibility index (Phi) is 4.73. The van der Waals surface area contributed by atoms with Crippen LogP contribution in [0.3, 0.4) is 0 Å². The topological polar surface area (TPSA) is 48.0 Å². The van der Waals surface area contributed by atoms with Crippen LogP contribution in [0, 0.1) is 0 Å². The summed E-state index contributed by atoms with van der Waals surface area (Å²) in [5, 5.41) is 0. The van der Waals surface area contributed by atoms with Crippen molar-refractivity contribution in [1.29, 1.82) is 0 Å². The van der Waals surface area contributed by atoms with Crippen molar-refractivity contribution in [3.8, 4) is 0 Å². The van der Waals surface area contributed by atoms with Crippen LogP contribution in [0.5, 0.6) is 0 Å². The molecular weight excluding hydrogens is 317 g/mol. The molecule has 3 rings (SSSR count). The van der Waals surface area contributed by atoms with Gasteiger partial charge in [-0.3, -0.25) is 4.79 Å². The van der Waals surface area contributed by atoms with Crippen molar-refractivity contribution in [3.63, 3.8) is 0 Å². The first-order valence-electron chi connectivity index (χ1n) is 8.99. The van der Waals surface area contributed by atoms with Crippen LogP contribution in [0.4, 0.5) is 0 Å². The molecule has 0 bridgehead atoms. The summed E-state index contributed by atoms with van der Waals surface area (Å²) in [6.45, 7) is 13.4. The number of carbonyl (C=O) groups is 1. The monoisotopic (exact) mass is 345 g/mol. The zero-order valence-corrected chi connectivity index (χ0v) is 16.0. The van der Waals surface area contributed by atoms with Crippen molar-refractivity contribution >= 4 is 18.5 Å². The van der Waals surface area contributed by atoms with Crippen LogP contribution in [0.25, 0.3) is 0 Å². The Morgan fingerprint density at radius 1 is 1.00 bits per heavy atom. The van der Waals surface area contributed by atoms with Gasteiger partial charge >= 0.3 is 7.12 Å². The minimum absolute atomic E-state index is 0.0440. The van der Waals surface area contributed by atoms with Gasteiger partial charge in [0.15, 0.2) is 0 Å². The highest BCUT2D eigenvalue weighted by molar-refractivity contribution is 6.62. The molecule has 2 aliphatic rings. The molecule has 1 aromatic rings. The van der Waals surface area contributed by atoms with Crippen molar-refractivity contribution < 1.29 is 18.8 Å². The molecule has 0 saturated carbocycles. The lowest BCUT2D eigenvalue weighted by Gasteiger charge is -2.35. The van der Waals surface area contributed by atoms with Gasteiger partial charge in [-0.15, -0.1) is 0 Å². The lowest BCUT2D eigenvalue weighted by atomic mass is 9.79. The molecule has 2 atom stereocenters. The summed E-state index contributed by atoms with van der Waals surface area (Å²) in [5.74, 6) is 0.0440. The summed E-state index contributed by atoms with van der Waals surface area (Å²) >= 11 is 0. The second kappa shape index (κ2) is 6.42. The standard InChI is InChI=1S/C19H28BNO4/c1-13-11-21(12-14(2)23-13)17(22)15-7-9-16(10-8-15)20-24-18(3,4)19(5,6)25-20/h7-10,13-14H,11-12H2,1-6H3. The molecule has 5 nitrogen and oxygen atoms in total. The van der Waals surface area contributed by atoms with Crippen LogP contribution in [0.1, 0.15) is 51.9 Å². The van der Waals surface area contributed by atoms with Gasteiger partial charge in [0, 0.05) is 18.7 Å². The van der Waals surface area contributed by atoms with E-state index in [-0.39, 0.29) is 29.3 Å². The van der Waals surface area contributed by atoms with Crippen LogP contribution in [-0.2, 0) is 14.0 Å². The highest BCUT2D eigenvalue weighted by Crippen LogP contribution is 2.36. The molecule has 136 valence electrons. The van der Waals surface area contributed by atoms with Crippen molar-refractivity contribution in [2.24, 2.45) is 0 Å². The second-order valence-electron chi connectivity index (χ2n) is 8.18. The highest BCUT2D eigenvalue weighted by Gasteiger charge is 2.51. The Labute approximate surface area is 150 Å². The van der Waals surface area contributed by atoms with Gasteiger partial charge in [-0.25, -0.2) is 0 Å². The summed E-state index contributed by atoms with van der Waals surface area (Å²) in [7, 11) is -0.405. The predicted molar refractivity (Wildman–Crippen MR) is 98.1 cm³/mol. The molecule has 2 aliphatic heterocycles. The molecule has 2 fully saturated rings. The molecule has 0 N–H and O–H groups in total. The molecule has 2 saturated heterocycles. The number of hydrogen-bond donors (Lipinski definition) is 0. The molecular formula is C19H28BNO4. The van der Waals surface area contributed by atoms with Gasteiger partial charge in [0.1, 0.15) is 0 Å². The molecule has 2 unspecified atom stereocenters. The lowest BCUT2D eigenvalue weighted by molar-refractivity contribution is -0.0586. The van der Waals surface area contributed by atoms with Crippen LogP contribution in [0.2, 0.25) is 0 Å². The number of nitrogens with zero attached hydrogens (tertiary/aromatic N) is 1. The molecule has 0 aliphatic carbocycles. The van der Waals surface area contributed by atoms with Crippen molar-refractivity contribution in [2.45, 2.75) is 65.0 Å². The summed E-state index contributed by atoms with van der Waals surface area (Å²) in [6, 6.07) is 7.55. The number of ether oxygens (including phenoxy) is 1. The smallest absolute Gasteiger partial charge is 0.399 e. The number of rotatable bonds is 2. The normalized spacial score (nSPS) is 28.2. The average Bonchev–Trinajstić information content (AvgIpc) is 2.74. The first kappa shape index (κ1) is 18.4. The third-order valence-electron chi connectivity index (χ3n) is 5.39. The summed E-state index contributed by atoms with van der Waals surface area (Å²) in [5.41, 5.74) is 0.874. The predicted octanol–water partition coefficient (Wildman–Crippen LogP) is 2.24. The SMILES string of the molecule is CC1CN(C(=O)c2ccc(B3OC(C)(C)C(C)(C)O3)cc2)CC(C)O1. The van der Waals surface area contributed by atoms with E-state index in [0.717, 1.165) is 5.46 Å². The van der Waals surface area contributed by atoms with Gasteiger partial charge in [0.25, 0.3) is 5.91 Å². The van der Waals surface area contributed by atoms with Crippen LogP contribution in [-0.4, -0.2) is 54.4 Å². The zero-order valence-electron chi connectivity index (χ0n) is 16.0. The van der Waals surface area contributed by atoms with E-state index in [1.54, 1.807) is 0 Å². The molecule has 0 radical (unpaired) electrons. The van der Waals surface area contributed by atoms with Crippen LogP contribution in [0.15, 0.2) is 24.3 Å². The van der Waals surface area contributed by atoms with Crippen molar-refractivity contribution in [2.75, 3.05) is 13.1 Å². The largest absolute Gasteiger partial charge is 0.494 e. The van der Waals surface area contributed by atoms with Gasteiger partial charge in [0.05, 0.1) is 23.4 Å². The number of benzene rings is 1. The second-order valence-corrected chi connectivity index (χ2v) is 8.18. The van der Waals surface area contributed by atoms with Gasteiger partial charge in [-0.1, -0.05) is 12.1 Å². The molecule has 1 amide bonds. The molecule has 0 aromatic heterocycles. The van der Waals surface area contributed by atoms with E-state index in [4.69, 9.17) is 14.0 Å². The van der Waals surface area contributed by atoms with Crippen LogP contribution >= 0.6 is 0 Å². The molecule has 1 aromatic carbocycles. The summed E-state index contributed by atoms with van der Waals surface area (Å²) in [4.78, 5) is 14.6. The fraction of sp³-hybridized carbons (Fsp3) is 0.632. The third kappa shape index (κ3) is 3.61. The summed E-state index contributed by atoms with van der Waals surface area (Å²) in [6.07, 6.45) is 0.133. The van der Waals surface area contributed by atoms with Gasteiger partial charge in [-0.2, -0.15) is 0 Å². The zero-order chi connectivity index (χ0) is 18.4. The molecule has 2 heterocycles. The van der Waals surface area contributed by atoms with E-state index in [2.05, 4.69) is 0 Å². The third-order valence-corrected chi connectivity index (χ3v) is 5.39. The number of amides is 1. The van der Waals surface area contributed by atoms with Crippen LogP contribution < -0.4 is 5.46 Å². The molecule has 6 heteroatoms. The van der Waals surface area contributed by atoms with E-state index in [9.17, 15) is 4.79 Å². The van der Waals surface area contributed by atoms with Gasteiger partial charge in [-0.05, 0) is 59.1 Å². The Hall–Kier alpha value is -1.37.